The largest absolute Gasteiger partial charge is 0.481 e. The lowest BCUT2D eigenvalue weighted by Crippen LogP contribution is -2.26. The predicted molar refractivity (Wildman–Crippen MR) is 118 cm³/mol. The maximum Gasteiger partial charge on any atom is 0.417 e. The van der Waals surface area contributed by atoms with Crippen LogP contribution in [-0.2, 0) is 36.7 Å². The lowest BCUT2D eigenvalue weighted by Gasteiger charge is -2.25. The Kier molecular flexibility index (Phi) is 6.51. The van der Waals surface area contributed by atoms with E-state index in [1.807, 2.05) is 0 Å². The van der Waals surface area contributed by atoms with Gasteiger partial charge in [-0.3, -0.25) is 9.59 Å². The Morgan fingerprint density at radius 2 is 1.46 bits per heavy atom. The fourth-order valence-corrected chi connectivity index (χ4v) is 4.67. The van der Waals surface area contributed by atoms with Crippen molar-refractivity contribution in [2.24, 2.45) is 0 Å². The lowest BCUT2D eigenvalue weighted by atomic mass is 9.82. The molecule has 3 aromatic carbocycles. The summed E-state index contributed by atoms with van der Waals surface area (Å²) in [5, 5.41) is 9.38. The average molecular weight is 525 g/mol. The Morgan fingerprint density at radius 3 is 1.97 bits per heavy atom. The third-order valence-electron chi connectivity index (χ3n) is 6.11. The summed E-state index contributed by atoms with van der Waals surface area (Å²) in [6.07, 6.45) is -11.7. The van der Waals surface area contributed by atoms with Crippen molar-refractivity contribution in [3.8, 4) is 11.1 Å². The lowest BCUT2D eigenvalue weighted by molar-refractivity contribution is -0.143. The fraction of sp³-hybridized carbons (Fsp3) is 0.231. The number of carbonyl (C=O) groups is 2. The molecule has 0 radical (unpaired) electrons. The number of carbonyl (C=O) groups excluding carboxylic acids is 1. The van der Waals surface area contributed by atoms with Crippen LogP contribution in [0.15, 0.2) is 48.5 Å². The van der Waals surface area contributed by atoms with Crippen LogP contribution in [0.2, 0.25) is 0 Å². The van der Waals surface area contributed by atoms with Crippen LogP contribution in [0.25, 0.3) is 11.1 Å². The molecule has 0 bridgehead atoms. The maximum absolute atomic E-state index is 14.5. The van der Waals surface area contributed by atoms with E-state index in [1.54, 1.807) is 6.92 Å². The second-order valence-electron chi connectivity index (χ2n) is 8.66. The normalized spacial score (nSPS) is 13.6. The van der Waals surface area contributed by atoms with Gasteiger partial charge in [-0.2, -0.15) is 26.3 Å². The fourth-order valence-electron chi connectivity index (χ4n) is 4.67. The molecule has 0 atom stereocenters. The number of fused-ring (bicyclic) bond motifs is 1. The van der Waals surface area contributed by atoms with Crippen molar-refractivity contribution in [1.29, 1.82) is 0 Å². The van der Waals surface area contributed by atoms with Crippen molar-refractivity contribution < 1.29 is 45.4 Å². The molecule has 1 aliphatic heterocycles. The molecule has 0 fully saturated rings. The van der Waals surface area contributed by atoms with Gasteiger partial charge in [-0.25, -0.2) is 4.39 Å². The molecule has 37 heavy (non-hydrogen) atoms. The van der Waals surface area contributed by atoms with Crippen LogP contribution in [0.1, 0.15) is 43.7 Å². The Labute approximate surface area is 205 Å². The minimum Gasteiger partial charge on any atom is -0.481 e. The molecule has 0 saturated heterocycles. The van der Waals surface area contributed by atoms with Crippen molar-refractivity contribution in [2.45, 2.75) is 38.8 Å². The van der Waals surface area contributed by atoms with Gasteiger partial charge in [0.15, 0.2) is 0 Å². The Bertz CT molecular complexity index is 1390. The molecule has 0 aromatic heterocycles. The number of carboxylic acids is 1. The first-order valence-corrected chi connectivity index (χ1v) is 10.9. The molecule has 3 aromatic rings. The molecule has 0 saturated carbocycles. The molecule has 1 aliphatic rings. The number of benzene rings is 3. The second-order valence-corrected chi connectivity index (χ2v) is 8.66. The van der Waals surface area contributed by atoms with Crippen LogP contribution >= 0.6 is 0 Å². The minimum absolute atomic E-state index is 0.239. The Balaban J connectivity index is 2.05. The predicted octanol–water partition coefficient (Wildman–Crippen LogP) is 6.62. The molecule has 1 amide bonds. The zero-order valence-electron chi connectivity index (χ0n) is 19.1. The summed E-state index contributed by atoms with van der Waals surface area (Å²) >= 11 is 0. The summed E-state index contributed by atoms with van der Waals surface area (Å²) in [6, 6.07) is 9.44. The number of hydrogen-bond acceptors (Lipinski definition) is 2. The summed E-state index contributed by atoms with van der Waals surface area (Å²) in [5.74, 6) is -3.52. The average Bonchev–Trinajstić information content (AvgIpc) is 3.20. The number of halogens is 7. The SMILES string of the molecule is Cc1ccc(-c2c(CC(=O)O)c(C(F)(F)F)c3c(c2C(F)(F)F)CN(C(=O)c2cccc(F)c2)C3)cc1. The third kappa shape index (κ3) is 5.03. The van der Waals surface area contributed by atoms with Gasteiger partial charge in [-0.1, -0.05) is 35.9 Å². The zero-order valence-corrected chi connectivity index (χ0v) is 19.1. The molecule has 194 valence electrons. The highest BCUT2D eigenvalue weighted by molar-refractivity contribution is 5.95. The number of alkyl halides is 6. The van der Waals surface area contributed by atoms with Crippen molar-refractivity contribution in [3.05, 3.63) is 93.3 Å². The molecule has 0 aliphatic carbocycles. The van der Waals surface area contributed by atoms with Gasteiger partial charge in [0.2, 0.25) is 0 Å². The number of hydrogen-bond donors (Lipinski definition) is 1. The van der Waals surface area contributed by atoms with Crippen molar-refractivity contribution in [2.75, 3.05) is 0 Å². The summed E-state index contributed by atoms with van der Waals surface area (Å²) in [6.45, 7) is -0.0510. The standard InChI is InChI=1S/C26H18F7NO3/c1-13-5-7-14(8-6-13)21-17(10-20(35)36)22(25(28,29)30)18-11-34(12-19(18)23(21)26(31,32)33)24(37)15-3-2-4-16(27)9-15/h2-9H,10-12H2,1H3,(H,35,36). The number of carboxylic acid groups (broad SMARTS) is 1. The van der Waals surface area contributed by atoms with Crippen LogP contribution in [-0.4, -0.2) is 21.9 Å². The van der Waals surface area contributed by atoms with Gasteiger partial charge in [0.25, 0.3) is 5.91 Å². The molecule has 4 rings (SSSR count). The Morgan fingerprint density at radius 1 is 0.892 bits per heavy atom. The van der Waals surface area contributed by atoms with E-state index in [2.05, 4.69) is 0 Å². The van der Waals surface area contributed by atoms with E-state index in [0.29, 0.717) is 5.56 Å². The monoisotopic (exact) mass is 525 g/mol. The molecule has 4 nitrogen and oxygen atoms in total. The van der Waals surface area contributed by atoms with Crippen LogP contribution in [0, 0.1) is 12.7 Å². The highest BCUT2D eigenvalue weighted by Crippen LogP contribution is 2.51. The number of rotatable bonds is 4. The van der Waals surface area contributed by atoms with E-state index in [0.717, 1.165) is 17.0 Å². The van der Waals surface area contributed by atoms with Crippen molar-refractivity contribution in [1.82, 2.24) is 4.90 Å². The maximum atomic E-state index is 14.5. The van der Waals surface area contributed by atoms with E-state index in [1.165, 1.54) is 36.4 Å². The molecule has 1 heterocycles. The number of nitrogens with zero attached hydrogens (tertiary/aromatic N) is 1. The summed E-state index contributed by atoms with van der Waals surface area (Å²) in [7, 11) is 0. The molecule has 1 N–H and O–H groups in total. The van der Waals surface area contributed by atoms with Crippen LogP contribution in [0.3, 0.4) is 0 Å². The molecule has 0 spiro atoms. The highest BCUT2D eigenvalue weighted by Gasteiger charge is 2.48. The minimum atomic E-state index is -5.23. The summed E-state index contributed by atoms with van der Waals surface area (Å²) < 4.78 is 101. The van der Waals surface area contributed by atoms with Crippen LogP contribution in [0.5, 0.6) is 0 Å². The van der Waals surface area contributed by atoms with Gasteiger partial charge in [0.1, 0.15) is 5.82 Å². The summed E-state index contributed by atoms with van der Waals surface area (Å²) in [5.41, 5.74) is -6.31. The van der Waals surface area contributed by atoms with E-state index in [4.69, 9.17) is 0 Å². The van der Waals surface area contributed by atoms with Gasteiger partial charge in [-0.05, 0) is 52.9 Å². The van der Waals surface area contributed by atoms with Gasteiger partial charge < -0.3 is 10.0 Å². The molecular formula is C26H18F7NO3. The number of aliphatic carboxylic acids is 1. The van der Waals surface area contributed by atoms with E-state index in [-0.39, 0.29) is 11.1 Å². The highest BCUT2D eigenvalue weighted by atomic mass is 19.4. The van der Waals surface area contributed by atoms with E-state index >= 15 is 0 Å². The van der Waals surface area contributed by atoms with Crippen LogP contribution in [0.4, 0.5) is 30.7 Å². The summed E-state index contributed by atoms with van der Waals surface area (Å²) in [4.78, 5) is 25.3. The topological polar surface area (TPSA) is 57.6 Å². The van der Waals surface area contributed by atoms with Gasteiger partial charge in [0.05, 0.1) is 17.5 Å². The molecular weight excluding hydrogens is 507 g/mol. The first-order valence-electron chi connectivity index (χ1n) is 10.9. The smallest absolute Gasteiger partial charge is 0.417 e. The molecule has 11 heteroatoms. The quantitative estimate of drug-likeness (QED) is 0.390. The van der Waals surface area contributed by atoms with Crippen molar-refractivity contribution >= 4 is 11.9 Å². The number of amides is 1. The van der Waals surface area contributed by atoms with E-state index < -0.39 is 82.9 Å². The van der Waals surface area contributed by atoms with Gasteiger partial charge in [0, 0.05) is 18.7 Å². The first kappa shape index (κ1) is 26.2. The van der Waals surface area contributed by atoms with E-state index in [9.17, 15) is 45.4 Å². The van der Waals surface area contributed by atoms with Crippen LogP contribution < -0.4 is 0 Å². The van der Waals surface area contributed by atoms with Crippen molar-refractivity contribution in [3.63, 3.8) is 0 Å². The van der Waals surface area contributed by atoms with Gasteiger partial charge >= 0.3 is 18.3 Å². The van der Waals surface area contributed by atoms with Gasteiger partial charge in [-0.15, -0.1) is 0 Å². The second kappa shape index (κ2) is 9.20. The first-order chi connectivity index (χ1) is 17.2. The third-order valence-corrected chi connectivity index (χ3v) is 6.11. The Hall–Kier alpha value is -3.89. The zero-order chi connectivity index (χ0) is 27.3. The number of aryl methyl sites for hydroxylation is 1. The molecule has 0 unspecified atom stereocenters.